The number of nitriles is 1. The van der Waals surface area contributed by atoms with Crippen molar-refractivity contribution in [2.24, 2.45) is 5.41 Å². The summed E-state index contributed by atoms with van der Waals surface area (Å²) in [6.07, 6.45) is 6.99. The second-order valence-electron chi connectivity index (χ2n) is 5.67. The van der Waals surface area contributed by atoms with Crippen LogP contribution in [0.3, 0.4) is 0 Å². The van der Waals surface area contributed by atoms with Crippen molar-refractivity contribution in [2.45, 2.75) is 13.3 Å². The summed E-state index contributed by atoms with van der Waals surface area (Å²) in [6, 6.07) is 21.3. The molecule has 0 bridgehead atoms. The topological polar surface area (TPSA) is 23.8 Å². The highest BCUT2D eigenvalue weighted by molar-refractivity contribution is 5.77. The van der Waals surface area contributed by atoms with Gasteiger partial charge in [0, 0.05) is 0 Å². The molecule has 1 aliphatic rings. The van der Waals surface area contributed by atoms with Gasteiger partial charge in [0.2, 0.25) is 0 Å². The highest BCUT2D eigenvalue weighted by atomic mass is 14.3. The Morgan fingerprint density at radius 3 is 2.10 bits per heavy atom. The molecule has 1 atom stereocenters. The Hall–Kier alpha value is -2.59. The molecule has 2 aromatic rings. The molecule has 1 nitrogen and oxygen atoms in total. The molecule has 2 aromatic carbocycles. The largest absolute Gasteiger partial charge is 0.197 e. The van der Waals surface area contributed by atoms with Gasteiger partial charge >= 0.3 is 0 Å². The number of allylic oxidation sites excluding steroid dienone is 4. The minimum Gasteiger partial charge on any atom is -0.197 e. The highest BCUT2D eigenvalue weighted by Crippen LogP contribution is 2.32. The van der Waals surface area contributed by atoms with Gasteiger partial charge in [0.25, 0.3) is 0 Å². The molecule has 1 aliphatic carbocycles. The molecular formula is C20H17N. The molecule has 0 amide bonds. The molecule has 0 heterocycles. The maximum Gasteiger partial charge on any atom is 0.0763 e. The lowest BCUT2D eigenvalue weighted by atomic mass is 9.82. The van der Waals surface area contributed by atoms with Gasteiger partial charge in [0.15, 0.2) is 0 Å². The van der Waals surface area contributed by atoms with E-state index < -0.39 is 0 Å². The molecular weight excluding hydrogens is 254 g/mol. The molecule has 1 unspecified atom stereocenters. The Kier molecular flexibility index (Phi) is 3.46. The van der Waals surface area contributed by atoms with Crippen molar-refractivity contribution in [3.8, 4) is 17.2 Å². The zero-order valence-electron chi connectivity index (χ0n) is 12.1. The van der Waals surface area contributed by atoms with Gasteiger partial charge in [-0.1, -0.05) is 72.8 Å². The number of rotatable bonds is 2. The Bertz CT molecular complexity index is 730. The predicted octanol–water partition coefficient (Wildman–Crippen LogP) is 5.23. The van der Waals surface area contributed by atoms with Crippen LogP contribution in [0.15, 0.2) is 72.8 Å². The van der Waals surface area contributed by atoms with E-state index in [9.17, 15) is 0 Å². The third-order valence-corrected chi connectivity index (χ3v) is 3.96. The summed E-state index contributed by atoms with van der Waals surface area (Å²) in [5, 5.41) is 9.14. The molecule has 0 N–H and O–H groups in total. The summed E-state index contributed by atoms with van der Waals surface area (Å²) < 4.78 is 0. The minimum atomic E-state index is -0.354. The summed E-state index contributed by atoms with van der Waals surface area (Å²) in [5.74, 6) is 0. The van der Waals surface area contributed by atoms with Crippen LogP contribution in [-0.4, -0.2) is 0 Å². The van der Waals surface area contributed by atoms with E-state index in [0.29, 0.717) is 0 Å². The first kappa shape index (κ1) is 13.4. The van der Waals surface area contributed by atoms with Gasteiger partial charge in [-0.2, -0.15) is 5.26 Å². The standard InChI is InChI=1S/C20H17N/c1-20(15-21)13-11-19(12-14-20)18-9-7-17(8-10-18)16-5-3-2-4-6-16/h2-13H,14H2,1H3. The average molecular weight is 271 g/mol. The van der Waals surface area contributed by atoms with Crippen LogP contribution in [0.4, 0.5) is 0 Å². The fraction of sp³-hybridized carbons (Fsp3) is 0.150. The van der Waals surface area contributed by atoms with Crippen LogP contribution in [0.2, 0.25) is 0 Å². The Balaban J connectivity index is 1.84. The van der Waals surface area contributed by atoms with Crippen molar-refractivity contribution in [1.29, 1.82) is 5.26 Å². The maximum atomic E-state index is 9.14. The quantitative estimate of drug-likeness (QED) is 0.734. The summed E-state index contributed by atoms with van der Waals surface area (Å²) in [6.45, 7) is 1.97. The Morgan fingerprint density at radius 1 is 0.905 bits per heavy atom. The normalized spacial score (nSPS) is 20.7. The molecule has 0 saturated carbocycles. The van der Waals surface area contributed by atoms with Crippen LogP contribution >= 0.6 is 0 Å². The molecule has 3 rings (SSSR count). The van der Waals surface area contributed by atoms with Crippen LogP contribution in [0.25, 0.3) is 16.7 Å². The first-order valence-corrected chi connectivity index (χ1v) is 7.17. The van der Waals surface area contributed by atoms with Crippen molar-refractivity contribution in [2.75, 3.05) is 0 Å². The van der Waals surface area contributed by atoms with Gasteiger partial charge in [0.05, 0.1) is 11.5 Å². The van der Waals surface area contributed by atoms with Crippen molar-refractivity contribution >= 4 is 5.57 Å². The summed E-state index contributed by atoms with van der Waals surface area (Å²) in [5.41, 5.74) is 4.50. The van der Waals surface area contributed by atoms with Crippen molar-refractivity contribution in [1.82, 2.24) is 0 Å². The van der Waals surface area contributed by atoms with Gasteiger partial charge < -0.3 is 0 Å². The number of hydrogen-bond donors (Lipinski definition) is 0. The van der Waals surface area contributed by atoms with E-state index >= 15 is 0 Å². The van der Waals surface area contributed by atoms with E-state index in [-0.39, 0.29) is 5.41 Å². The monoisotopic (exact) mass is 271 g/mol. The second-order valence-corrected chi connectivity index (χ2v) is 5.67. The fourth-order valence-electron chi connectivity index (χ4n) is 2.51. The third-order valence-electron chi connectivity index (χ3n) is 3.96. The number of benzene rings is 2. The molecule has 0 spiro atoms. The Labute approximate surface area is 125 Å². The smallest absolute Gasteiger partial charge is 0.0763 e. The van der Waals surface area contributed by atoms with E-state index in [2.05, 4.69) is 66.8 Å². The molecule has 102 valence electrons. The fourth-order valence-corrected chi connectivity index (χ4v) is 2.51. The third kappa shape index (κ3) is 2.80. The minimum absolute atomic E-state index is 0.354. The number of nitrogens with zero attached hydrogens (tertiary/aromatic N) is 1. The summed E-state index contributed by atoms with van der Waals surface area (Å²) in [4.78, 5) is 0. The number of hydrogen-bond acceptors (Lipinski definition) is 1. The molecule has 0 saturated heterocycles. The van der Waals surface area contributed by atoms with Crippen LogP contribution in [-0.2, 0) is 0 Å². The predicted molar refractivity (Wildman–Crippen MR) is 87.3 cm³/mol. The van der Waals surface area contributed by atoms with Crippen LogP contribution in [0.5, 0.6) is 0 Å². The highest BCUT2D eigenvalue weighted by Gasteiger charge is 2.21. The van der Waals surface area contributed by atoms with Gasteiger partial charge in [-0.25, -0.2) is 0 Å². The first-order valence-electron chi connectivity index (χ1n) is 7.17. The zero-order valence-corrected chi connectivity index (χ0v) is 12.1. The van der Waals surface area contributed by atoms with Crippen LogP contribution in [0.1, 0.15) is 18.9 Å². The summed E-state index contributed by atoms with van der Waals surface area (Å²) >= 11 is 0. The van der Waals surface area contributed by atoms with Crippen molar-refractivity contribution < 1.29 is 0 Å². The molecule has 0 radical (unpaired) electrons. The van der Waals surface area contributed by atoms with Gasteiger partial charge in [0.1, 0.15) is 0 Å². The van der Waals surface area contributed by atoms with Gasteiger partial charge in [-0.3, -0.25) is 0 Å². The second kappa shape index (κ2) is 5.42. The lowest BCUT2D eigenvalue weighted by Crippen LogP contribution is -2.11. The first-order chi connectivity index (χ1) is 10.2. The van der Waals surface area contributed by atoms with E-state index in [1.807, 2.05) is 19.1 Å². The molecule has 1 heteroatoms. The molecule has 21 heavy (non-hydrogen) atoms. The van der Waals surface area contributed by atoms with Crippen LogP contribution < -0.4 is 0 Å². The summed E-state index contributed by atoms with van der Waals surface area (Å²) in [7, 11) is 0. The van der Waals surface area contributed by atoms with E-state index in [0.717, 1.165) is 6.42 Å². The average Bonchev–Trinajstić information content (AvgIpc) is 2.57. The van der Waals surface area contributed by atoms with E-state index in [4.69, 9.17) is 5.26 Å². The van der Waals surface area contributed by atoms with Crippen molar-refractivity contribution in [3.05, 3.63) is 78.4 Å². The van der Waals surface area contributed by atoms with E-state index in [1.165, 1.54) is 22.3 Å². The zero-order chi connectivity index (χ0) is 14.7. The molecule has 0 aliphatic heterocycles. The SMILES string of the molecule is CC1(C#N)C=CC(c2ccc(-c3ccccc3)cc2)=CC1. The molecule has 0 fully saturated rings. The molecule has 0 aromatic heterocycles. The lowest BCUT2D eigenvalue weighted by molar-refractivity contribution is 0.575. The van der Waals surface area contributed by atoms with Gasteiger partial charge in [-0.05, 0) is 35.6 Å². The maximum absolute atomic E-state index is 9.14. The lowest BCUT2D eigenvalue weighted by Gasteiger charge is -2.20. The Morgan fingerprint density at radius 2 is 1.52 bits per heavy atom. The van der Waals surface area contributed by atoms with Gasteiger partial charge in [-0.15, -0.1) is 0 Å². The van der Waals surface area contributed by atoms with E-state index in [1.54, 1.807) is 0 Å². The van der Waals surface area contributed by atoms with Crippen LogP contribution in [0, 0.1) is 16.7 Å². The van der Waals surface area contributed by atoms with Crippen molar-refractivity contribution in [3.63, 3.8) is 0 Å².